The third-order valence-electron chi connectivity index (χ3n) is 5.94. The highest BCUT2D eigenvalue weighted by atomic mass is 127. The van der Waals surface area contributed by atoms with E-state index >= 15 is 0 Å². The van der Waals surface area contributed by atoms with E-state index in [-0.39, 0.29) is 29.4 Å². The molecule has 3 aliphatic rings. The minimum absolute atomic E-state index is 0. The maximum atomic E-state index is 6.31. The van der Waals surface area contributed by atoms with Gasteiger partial charge in [0.1, 0.15) is 13.2 Å². The van der Waals surface area contributed by atoms with Crippen molar-refractivity contribution in [2.24, 2.45) is 10.7 Å². The van der Waals surface area contributed by atoms with Gasteiger partial charge in [0.15, 0.2) is 17.5 Å². The summed E-state index contributed by atoms with van der Waals surface area (Å²) in [5, 5.41) is 0. The second kappa shape index (κ2) is 8.67. The van der Waals surface area contributed by atoms with Gasteiger partial charge in [0, 0.05) is 18.5 Å². The number of nitrogens with zero attached hydrogens (tertiary/aromatic N) is 2. The van der Waals surface area contributed by atoms with Crippen LogP contribution >= 0.6 is 24.0 Å². The van der Waals surface area contributed by atoms with Crippen molar-refractivity contribution < 1.29 is 9.47 Å². The molecular formula is C20H30IN3O2. The lowest BCUT2D eigenvalue weighted by Crippen LogP contribution is -2.41. The van der Waals surface area contributed by atoms with E-state index in [0.29, 0.717) is 13.2 Å². The van der Waals surface area contributed by atoms with Crippen LogP contribution in [-0.4, -0.2) is 43.7 Å². The van der Waals surface area contributed by atoms with Crippen molar-refractivity contribution in [3.63, 3.8) is 0 Å². The summed E-state index contributed by atoms with van der Waals surface area (Å²) >= 11 is 0. The first-order valence-electron chi connectivity index (χ1n) is 9.72. The zero-order chi connectivity index (χ0) is 17.1. The SMILES string of the molecule is I.NC(=NCC1(c2ccc3c(c2)OCCO3)CCCC1)N1CCCCC1. The van der Waals surface area contributed by atoms with Gasteiger partial charge >= 0.3 is 0 Å². The summed E-state index contributed by atoms with van der Waals surface area (Å²) in [4.78, 5) is 7.08. The summed E-state index contributed by atoms with van der Waals surface area (Å²) in [6, 6.07) is 6.43. The Morgan fingerprint density at radius 1 is 1.00 bits per heavy atom. The summed E-state index contributed by atoms with van der Waals surface area (Å²) in [5.41, 5.74) is 7.72. The lowest BCUT2D eigenvalue weighted by Gasteiger charge is -2.31. The van der Waals surface area contributed by atoms with E-state index in [9.17, 15) is 0 Å². The predicted octanol–water partition coefficient (Wildman–Crippen LogP) is 3.69. The van der Waals surface area contributed by atoms with Gasteiger partial charge in [-0.15, -0.1) is 24.0 Å². The molecule has 1 aliphatic carbocycles. The molecule has 1 aromatic carbocycles. The van der Waals surface area contributed by atoms with Crippen LogP contribution in [0.4, 0.5) is 0 Å². The molecule has 1 saturated heterocycles. The first-order valence-corrected chi connectivity index (χ1v) is 9.72. The van der Waals surface area contributed by atoms with Crippen LogP contribution in [-0.2, 0) is 5.41 Å². The summed E-state index contributed by atoms with van der Waals surface area (Å²) in [7, 11) is 0. The minimum atomic E-state index is 0. The summed E-state index contributed by atoms with van der Waals surface area (Å²) in [6.07, 6.45) is 8.62. The number of halogens is 1. The Labute approximate surface area is 173 Å². The lowest BCUT2D eigenvalue weighted by molar-refractivity contribution is 0.171. The molecule has 5 nitrogen and oxygen atoms in total. The van der Waals surface area contributed by atoms with Crippen LogP contribution in [0.1, 0.15) is 50.5 Å². The highest BCUT2D eigenvalue weighted by molar-refractivity contribution is 14.0. The molecular weight excluding hydrogens is 441 g/mol. The predicted molar refractivity (Wildman–Crippen MR) is 115 cm³/mol. The maximum Gasteiger partial charge on any atom is 0.191 e. The molecule has 2 fully saturated rings. The minimum Gasteiger partial charge on any atom is -0.486 e. The Bertz CT molecular complexity index is 638. The number of nitrogens with two attached hydrogens (primary N) is 1. The van der Waals surface area contributed by atoms with E-state index in [0.717, 1.165) is 37.1 Å². The van der Waals surface area contributed by atoms with Crippen molar-refractivity contribution in [2.75, 3.05) is 32.8 Å². The molecule has 0 spiro atoms. The van der Waals surface area contributed by atoms with Crippen LogP contribution in [0.2, 0.25) is 0 Å². The molecule has 0 bridgehead atoms. The number of likely N-dealkylation sites (tertiary alicyclic amines) is 1. The Morgan fingerprint density at radius 3 is 2.42 bits per heavy atom. The van der Waals surface area contributed by atoms with Crippen molar-refractivity contribution in [2.45, 2.75) is 50.4 Å². The van der Waals surface area contributed by atoms with E-state index in [2.05, 4.69) is 23.1 Å². The highest BCUT2D eigenvalue weighted by Gasteiger charge is 2.36. The largest absolute Gasteiger partial charge is 0.486 e. The van der Waals surface area contributed by atoms with Crippen LogP contribution in [0.15, 0.2) is 23.2 Å². The maximum absolute atomic E-state index is 6.31. The number of aliphatic imine (C=N–C) groups is 1. The zero-order valence-electron chi connectivity index (χ0n) is 15.4. The van der Waals surface area contributed by atoms with Gasteiger partial charge in [0.2, 0.25) is 0 Å². The first-order chi connectivity index (χ1) is 12.3. The van der Waals surface area contributed by atoms with Crippen molar-refractivity contribution in [3.05, 3.63) is 23.8 Å². The molecule has 0 atom stereocenters. The number of fused-ring (bicyclic) bond motifs is 1. The molecule has 144 valence electrons. The normalized spacial score (nSPS) is 22.0. The van der Waals surface area contributed by atoms with E-state index in [1.807, 2.05) is 0 Å². The third kappa shape index (κ3) is 4.05. The highest BCUT2D eigenvalue weighted by Crippen LogP contribution is 2.44. The van der Waals surface area contributed by atoms with E-state index in [4.69, 9.17) is 20.2 Å². The summed E-state index contributed by atoms with van der Waals surface area (Å²) in [5.74, 6) is 2.46. The smallest absolute Gasteiger partial charge is 0.191 e. The third-order valence-corrected chi connectivity index (χ3v) is 5.94. The molecule has 0 radical (unpaired) electrons. The molecule has 1 aromatic rings. The molecule has 0 amide bonds. The van der Waals surface area contributed by atoms with E-state index < -0.39 is 0 Å². The standard InChI is InChI=1S/C20H29N3O2.HI/c21-19(23-10-4-1-5-11-23)22-15-20(8-2-3-9-20)16-6-7-17-18(14-16)25-13-12-24-17;/h6-7,14H,1-5,8-13,15H2,(H2,21,22);1H. The average molecular weight is 471 g/mol. The Kier molecular flexibility index (Phi) is 6.53. The van der Waals surface area contributed by atoms with Crippen LogP contribution < -0.4 is 15.2 Å². The monoisotopic (exact) mass is 471 g/mol. The van der Waals surface area contributed by atoms with Gasteiger partial charge in [-0.25, -0.2) is 0 Å². The van der Waals surface area contributed by atoms with Crippen LogP contribution in [0, 0.1) is 0 Å². The van der Waals surface area contributed by atoms with Crippen molar-refractivity contribution in [1.29, 1.82) is 0 Å². The molecule has 0 unspecified atom stereocenters. The van der Waals surface area contributed by atoms with Crippen LogP contribution in [0.5, 0.6) is 11.5 Å². The molecule has 1 saturated carbocycles. The molecule has 0 aromatic heterocycles. The van der Waals surface area contributed by atoms with Gasteiger partial charge in [-0.3, -0.25) is 4.99 Å². The fourth-order valence-electron chi connectivity index (χ4n) is 4.42. The number of guanidine groups is 1. The van der Waals surface area contributed by atoms with E-state index in [1.54, 1.807) is 0 Å². The van der Waals surface area contributed by atoms with E-state index in [1.165, 1.54) is 50.5 Å². The van der Waals surface area contributed by atoms with Gasteiger partial charge in [-0.1, -0.05) is 18.9 Å². The second-order valence-corrected chi connectivity index (χ2v) is 7.57. The fraction of sp³-hybridized carbons (Fsp3) is 0.650. The summed E-state index contributed by atoms with van der Waals surface area (Å²) in [6.45, 7) is 4.13. The number of hydrogen-bond donors (Lipinski definition) is 1. The Hall–Kier alpha value is -1.18. The number of piperidine rings is 1. The molecule has 2 N–H and O–H groups in total. The first kappa shape index (κ1) is 19.6. The molecule has 2 aliphatic heterocycles. The topological polar surface area (TPSA) is 60.1 Å². The molecule has 4 rings (SSSR count). The quantitative estimate of drug-likeness (QED) is 0.415. The molecule has 2 heterocycles. The second-order valence-electron chi connectivity index (χ2n) is 7.57. The number of hydrogen-bond acceptors (Lipinski definition) is 3. The van der Waals surface area contributed by atoms with Crippen LogP contribution in [0.25, 0.3) is 0 Å². The van der Waals surface area contributed by atoms with Gasteiger partial charge in [-0.2, -0.15) is 0 Å². The lowest BCUT2D eigenvalue weighted by atomic mass is 9.79. The van der Waals surface area contributed by atoms with Crippen molar-refractivity contribution in [3.8, 4) is 11.5 Å². The zero-order valence-corrected chi connectivity index (χ0v) is 17.7. The molecule has 6 heteroatoms. The molecule has 26 heavy (non-hydrogen) atoms. The van der Waals surface area contributed by atoms with Gasteiger partial charge in [0.25, 0.3) is 0 Å². The van der Waals surface area contributed by atoms with Gasteiger partial charge in [0.05, 0.1) is 6.54 Å². The number of rotatable bonds is 3. The van der Waals surface area contributed by atoms with Gasteiger partial charge in [-0.05, 0) is 49.8 Å². The van der Waals surface area contributed by atoms with Crippen LogP contribution in [0.3, 0.4) is 0 Å². The summed E-state index contributed by atoms with van der Waals surface area (Å²) < 4.78 is 11.5. The fourth-order valence-corrected chi connectivity index (χ4v) is 4.42. The average Bonchev–Trinajstić information content (AvgIpc) is 3.16. The van der Waals surface area contributed by atoms with Crippen molar-refractivity contribution in [1.82, 2.24) is 4.90 Å². The number of benzene rings is 1. The Balaban J connectivity index is 0.00000196. The van der Waals surface area contributed by atoms with Crippen molar-refractivity contribution >= 4 is 29.9 Å². The van der Waals surface area contributed by atoms with Gasteiger partial charge < -0.3 is 20.1 Å². The Morgan fingerprint density at radius 2 is 1.69 bits per heavy atom. The number of ether oxygens (including phenoxy) is 2.